The molecule has 1 aromatic heterocycles. The highest BCUT2D eigenvalue weighted by molar-refractivity contribution is 7.15. The topological polar surface area (TPSA) is 52.3 Å². The first kappa shape index (κ1) is 13.0. The zero-order valence-corrected chi connectivity index (χ0v) is 9.85. The average molecular weight is 215 g/mol. The Balaban J connectivity index is 0.000000241. The molecule has 80 valence electrons. The van der Waals surface area contributed by atoms with Gasteiger partial charge in [-0.25, -0.2) is 0 Å². The fourth-order valence-corrected chi connectivity index (χ4v) is 1.24. The number of nitrogen functional groups attached to an aromatic ring is 1. The molecule has 4 heteroatoms. The van der Waals surface area contributed by atoms with E-state index in [9.17, 15) is 4.79 Å². The number of rotatable bonds is 1. The molecule has 0 atom stereocenters. The molecule has 0 aliphatic rings. The summed E-state index contributed by atoms with van der Waals surface area (Å²) in [6.07, 6.45) is 0. The molecule has 0 fully saturated rings. The van der Waals surface area contributed by atoms with E-state index in [0.717, 1.165) is 5.00 Å². The van der Waals surface area contributed by atoms with Gasteiger partial charge in [0.15, 0.2) is 0 Å². The first-order chi connectivity index (χ1) is 6.35. The van der Waals surface area contributed by atoms with E-state index in [1.165, 1.54) is 4.88 Å². The molecule has 0 aromatic carbocycles. The second-order valence-corrected chi connectivity index (χ2v) is 5.09. The summed E-state index contributed by atoms with van der Waals surface area (Å²) in [4.78, 5) is 10.9. The third-order valence-corrected chi connectivity index (χ3v) is 1.99. The van der Waals surface area contributed by atoms with Crippen LogP contribution in [0.1, 0.15) is 25.6 Å². The van der Waals surface area contributed by atoms with Crippen LogP contribution in [0.5, 0.6) is 0 Å². The highest BCUT2D eigenvalue weighted by atomic mass is 32.1. The quantitative estimate of drug-likeness (QED) is 0.733. The zero-order valence-electron chi connectivity index (χ0n) is 9.03. The van der Waals surface area contributed by atoms with Crippen molar-refractivity contribution in [3.8, 4) is 0 Å². The van der Waals surface area contributed by atoms with Crippen LogP contribution in [0.25, 0.3) is 0 Å². The number of thiophene rings is 1. The summed E-state index contributed by atoms with van der Waals surface area (Å²) >= 11 is 1.62. The molecule has 0 bridgehead atoms. The molecule has 0 aliphatic carbocycles. The second-order valence-electron chi connectivity index (χ2n) is 3.77. The fraction of sp³-hybridized carbons (Fsp3) is 0.500. The number of hydrogen-bond donors (Lipinski definition) is 1. The lowest BCUT2D eigenvalue weighted by molar-refractivity contribution is -0.138. The van der Waals surface area contributed by atoms with Gasteiger partial charge in [-0.15, -0.1) is 11.3 Å². The van der Waals surface area contributed by atoms with Gasteiger partial charge in [-0.05, 0) is 39.8 Å². The van der Waals surface area contributed by atoms with Gasteiger partial charge in [0.25, 0.3) is 6.47 Å². The molecule has 14 heavy (non-hydrogen) atoms. The van der Waals surface area contributed by atoms with Gasteiger partial charge >= 0.3 is 0 Å². The number of ether oxygens (including phenoxy) is 1. The molecule has 1 heterocycles. The SMILES string of the molecule is CC(C)(C)OC=O.Cc1ccc(N)s1. The van der Waals surface area contributed by atoms with Crippen LogP contribution >= 0.6 is 11.3 Å². The molecule has 1 rings (SSSR count). The molecular weight excluding hydrogens is 198 g/mol. The largest absolute Gasteiger partial charge is 0.462 e. The Morgan fingerprint density at radius 2 is 2.00 bits per heavy atom. The summed E-state index contributed by atoms with van der Waals surface area (Å²) in [5.74, 6) is 0. The van der Waals surface area contributed by atoms with Crippen molar-refractivity contribution in [2.24, 2.45) is 0 Å². The van der Waals surface area contributed by atoms with Gasteiger partial charge < -0.3 is 10.5 Å². The molecule has 0 spiro atoms. The molecule has 0 unspecified atom stereocenters. The minimum atomic E-state index is -0.318. The van der Waals surface area contributed by atoms with Crippen LogP contribution in [0.15, 0.2) is 12.1 Å². The third kappa shape index (κ3) is 7.61. The molecule has 3 nitrogen and oxygen atoms in total. The number of hydrogen-bond acceptors (Lipinski definition) is 4. The Labute approximate surface area is 88.9 Å². The lowest BCUT2D eigenvalue weighted by atomic mass is 10.2. The maximum absolute atomic E-state index is 9.60. The van der Waals surface area contributed by atoms with E-state index in [2.05, 4.69) is 4.74 Å². The van der Waals surface area contributed by atoms with E-state index >= 15 is 0 Å². The Morgan fingerprint density at radius 1 is 1.43 bits per heavy atom. The molecule has 0 aliphatic heterocycles. The Bertz CT molecular complexity index is 259. The van der Waals surface area contributed by atoms with Gasteiger partial charge in [-0.1, -0.05) is 0 Å². The van der Waals surface area contributed by atoms with Crippen LogP contribution in [0, 0.1) is 6.92 Å². The number of aryl methyl sites for hydroxylation is 1. The van der Waals surface area contributed by atoms with Crippen LogP contribution in [-0.2, 0) is 9.53 Å². The smallest absolute Gasteiger partial charge is 0.293 e. The van der Waals surface area contributed by atoms with Crippen molar-refractivity contribution >= 4 is 22.8 Å². The molecule has 0 saturated carbocycles. The molecule has 0 amide bonds. The standard InChI is InChI=1S/C5H7NS.C5H10O2/c1-4-2-3-5(6)7-4;1-5(2,3)7-4-6/h2-3H,6H2,1H3;4H,1-3H3. The summed E-state index contributed by atoms with van der Waals surface area (Å²) in [7, 11) is 0. The van der Waals surface area contributed by atoms with Crippen molar-refractivity contribution < 1.29 is 9.53 Å². The van der Waals surface area contributed by atoms with Crippen LogP contribution in [-0.4, -0.2) is 12.1 Å². The van der Waals surface area contributed by atoms with Gasteiger partial charge in [0.2, 0.25) is 0 Å². The number of carbonyl (C=O) groups is 1. The molecule has 2 N–H and O–H groups in total. The van der Waals surface area contributed by atoms with Crippen molar-refractivity contribution in [1.82, 2.24) is 0 Å². The Morgan fingerprint density at radius 3 is 2.07 bits per heavy atom. The van der Waals surface area contributed by atoms with Crippen LogP contribution in [0.3, 0.4) is 0 Å². The van der Waals surface area contributed by atoms with E-state index in [4.69, 9.17) is 5.73 Å². The van der Waals surface area contributed by atoms with Gasteiger partial charge in [0.1, 0.15) is 5.60 Å². The third-order valence-electron chi connectivity index (χ3n) is 1.16. The molecule has 0 saturated heterocycles. The predicted octanol–water partition coefficient (Wildman–Crippen LogP) is 2.60. The fourth-order valence-electron chi connectivity index (χ4n) is 0.598. The van der Waals surface area contributed by atoms with E-state index in [1.54, 1.807) is 11.3 Å². The maximum atomic E-state index is 9.60. The lowest BCUT2D eigenvalue weighted by Crippen LogP contribution is -2.17. The predicted molar refractivity (Wildman–Crippen MR) is 60.4 cm³/mol. The lowest BCUT2D eigenvalue weighted by Gasteiger charge is -2.14. The highest BCUT2D eigenvalue weighted by Gasteiger charge is 2.07. The summed E-state index contributed by atoms with van der Waals surface area (Å²) in [6.45, 7) is 7.96. The second kappa shape index (κ2) is 5.65. The number of anilines is 1. The average Bonchev–Trinajstić information content (AvgIpc) is 2.33. The van der Waals surface area contributed by atoms with Crippen molar-refractivity contribution in [1.29, 1.82) is 0 Å². The molecule has 0 radical (unpaired) electrons. The van der Waals surface area contributed by atoms with Crippen LogP contribution in [0.2, 0.25) is 0 Å². The first-order valence-electron chi connectivity index (χ1n) is 4.28. The summed E-state index contributed by atoms with van der Waals surface area (Å²) in [5.41, 5.74) is 5.08. The van der Waals surface area contributed by atoms with E-state index in [-0.39, 0.29) is 5.60 Å². The van der Waals surface area contributed by atoms with Crippen LogP contribution in [0.4, 0.5) is 5.00 Å². The number of carbonyl (C=O) groups excluding carboxylic acids is 1. The first-order valence-corrected chi connectivity index (χ1v) is 5.10. The minimum Gasteiger partial charge on any atom is -0.462 e. The summed E-state index contributed by atoms with van der Waals surface area (Å²) in [6, 6.07) is 3.93. The van der Waals surface area contributed by atoms with Gasteiger partial charge in [0.05, 0.1) is 5.00 Å². The van der Waals surface area contributed by atoms with E-state index in [1.807, 2.05) is 39.8 Å². The molecule has 1 aromatic rings. The van der Waals surface area contributed by atoms with Crippen molar-refractivity contribution in [3.05, 3.63) is 17.0 Å². The van der Waals surface area contributed by atoms with Gasteiger partial charge in [-0.3, -0.25) is 4.79 Å². The Hall–Kier alpha value is -1.03. The summed E-state index contributed by atoms with van der Waals surface area (Å²) < 4.78 is 4.55. The van der Waals surface area contributed by atoms with Crippen molar-refractivity contribution in [2.45, 2.75) is 33.3 Å². The van der Waals surface area contributed by atoms with E-state index < -0.39 is 0 Å². The monoisotopic (exact) mass is 215 g/mol. The summed E-state index contributed by atoms with van der Waals surface area (Å²) in [5, 5.41) is 0.900. The number of nitrogens with two attached hydrogens (primary N) is 1. The highest BCUT2D eigenvalue weighted by Crippen LogP contribution is 2.15. The Kier molecular flexibility index (Phi) is 5.23. The maximum Gasteiger partial charge on any atom is 0.293 e. The van der Waals surface area contributed by atoms with Gasteiger partial charge in [-0.2, -0.15) is 0 Å². The normalized spacial score (nSPS) is 10.0. The van der Waals surface area contributed by atoms with E-state index in [0.29, 0.717) is 6.47 Å². The van der Waals surface area contributed by atoms with Crippen LogP contribution < -0.4 is 5.73 Å². The minimum absolute atomic E-state index is 0.318. The van der Waals surface area contributed by atoms with Crippen molar-refractivity contribution in [3.63, 3.8) is 0 Å². The zero-order chi connectivity index (χ0) is 11.2. The van der Waals surface area contributed by atoms with Crippen molar-refractivity contribution in [2.75, 3.05) is 5.73 Å². The van der Waals surface area contributed by atoms with Gasteiger partial charge in [0, 0.05) is 4.88 Å². The molecular formula is C10H17NO2S.